The lowest BCUT2D eigenvalue weighted by Crippen LogP contribution is -2.27. The van der Waals surface area contributed by atoms with Crippen LogP contribution in [0.15, 0.2) is 42.5 Å². The van der Waals surface area contributed by atoms with E-state index in [-0.39, 0.29) is 11.5 Å². The third-order valence-electron chi connectivity index (χ3n) is 3.66. The van der Waals surface area contributed by atoms with Gasteiger partial charge >= 0.3 is 0 Å². The Balaban J connectivity index is 2.03. The fourth-order valence-electron chi connectivity index (χ4n) is 2.30. The zero-order valence-corrected chi connectivity index (χ0v) is 14.7. The van der Waals surface area contributed by atoms with Crippen LogP contribution in [0.4, 0.5) is 14.5 Å². The minimum absolute atomic E-state index is 0.133. The Bertz CT molecular complexity index is 774. The average molecular weight is 361 g/mol. The summed E-state index contributed by atoms with van der Waals surface area (Å²) in [6.07, 6.45) is 0.797. The molecule has 2 aromatic rings. The molecule has 0 bridgehead atoms. The molecule has 0 saturated carbocycles. The van der Waals surface area contributed by atoms with Crippen molar-refractivity contribution in [3.8, 4) is 0 Å². The summed E-state index contributed by atoms with van der Waals surface area (Å²) >= 11 is 0. The zero-order valence-electron chi connectivity index (χ0n) is 14.7. The number of carbonyl (C=O) groups excluding carboxylic acids is 2. The molecule has 0 saturated heterocycles. The molecule has 0 aliphatic carbocycles. The molecule has 0 spiro atoms. The first-order valence-electron chi connectivity index (χ1n) is 8.17. The van der Waals surface area contributed by atoms with Gasteiger partial charge in [-0.3, -0.25) is 9.59 Å². The number of carbonyl (C=O) groups is 2. The third-order valence-corrected chi connectivity index (χ3v) is 3.66. The van der Waals surface area contributed by atoms with E-state index < -0.39 is 23.2 Å². The molecule has 0 fully saturated rings. The van der Waals surface area contributed by atoms with Gasteiger partial charge in [-0.05, 0) is 57.4 Å². The predicted octanol–water partition coefficient (Wildman–Crippen LogP) is 2.90. The standard InChI is InChI=1S/C19H21F2N3O2/c1-24(2)11-5-10-22-18(25)13-6-3-7-14(12-13)19(26)23-17-15(20)8-4-9-16(17)21/h3-4,6-9,12H,5,10-11H2,1-2H3,(H,22,25)(H,23,26). The van der Waals surface area contributed by atoms with Crippen LogP contribution < -0.4 is 10.6 Å². The van der Waals surface area contributed by atoms with Crippen LogP contribution in [-0.2, 0) is 0 Å². The van der Waals surface area contributed by atoms with Crippen LogP contribution in [0.25, 0.3) is 0 Å². The Morgan fingerprint density at radius 2 is 1.54 bits per heavy atom. The van der Waals surface area contributed by atoms with Crippen LogP contribution >= 0.6 is 0 Å². The van der Waals surface area contributed by atoms with E-state index in [0.29, 0.717) is 12.1 Å². The van der Waals surface area contributed by atoms with Crippen molar-refractivity contribution >= 4 is 17.5 Å². The lowest BCUT2D eigenvalue weighted by Gasteiger charge is -2.11. The summed E-state index contributed by atoms with van der Waals surface area (Å²) in [7, 11) is 3.89. The van der Waals surface area contributed by atoms with Crippen LogP contribution in [0.3, 0.4) is 0 Å². The monoisotopic (exact) mass is 361 g/mol. The van der Waals surface area contributed by atoms with Crippen LogP contribution in [0.5, 0.6) is 0 Å². The van der Waals surface area contributed by atoms with Gasteiger partial charge in [-0.25, -0.2) is 8.78 Å². The number of hydrogen-bond donors (Lipinski definition) is 2. The first kappa shape index (κ1) is 19.5. The smallest absolute Gasteiger partial charge is 0.255 e. The molecular weight excluding hydrogens is 340 g/mol. The van der Waals surface area contributed by atoms with Crippen molar-refractivity contribution < 1.29 is 18.4 Å². The fraction of sp³-hybridized carbons (Fsp3) is 0.263. The van der Waals surface area contributed by atoms with Crippen molar-refractivity contribution in [2.45, 2.75) is 6.42 Å². The number of nitrogens with one attached hydrogen (secondary N) is 2. The largest absolute Gasteiger partial charge is 0.352 e. The molecule has 2 rings (SSSR count). The van der Waals surface area contributed by atoms with E-state index in [1.807, 2.05) is 19.0 Å². The van der Waals surface area contributed by atoms with Gasteiger partial charge in [-0.2, -0.15) is 0 Å². The summed E-state index contributed by atoms with van der Waals surface area (Å²) in [4.78, 5) is 26.4. The maximum atomic E-state index is 13.6. The zero-order chi connectivity index (χ0) is 19.1. The SMILES string of the molecule is CN(C)CCCNC(=O)c1cccc(C(=O)Nc2c(F)cccc2F)c1. The van der Waals surface area contributed by atoms with Crippen LogP contribution in [0.2, 0.25) is 0 Å². The van der Waals surface area contributed by atoms with Crippen LogP contribution in [-0.4, -0.2) is 43.9 Å². The van der Waals surface area contributed by atoms with Gasteiger partial charge in [0.15, 0.2) is 0 Å². The van der Waals surface area contributed by atoms with E-state index >= 15 is 0 Å². The van der Waals surface area contributed by atoms with Crippen molar-refractivity contribution in [2.24, 2.45) is 0 Å². The first-order valence-corrected chi connectivity index (χ1v) is 8.17. The Morgan fingerprint density at radius 1 is 0.962 bits per heavy atom. The van der Waals surface area contributed by atoms with Gasteiger partial charge in [0.25, 0.3) is 11.8 Å². The first-order chi connectivity index (χ1) is 12.4. The number of anilines is 1. The van der Waals surface area contributed by atoms with E-state index in [4.69, 9.17) is 0 Å². The number of benzene rings is 2. The van der Waals surface area contributed by atoms with E-state index in [2.05, 4.69) is 10.6 Å². The number of rotatable bonds is 7. The summed E-state index contributed by atoms with van der Waals surface area (Å²) in [5.74, 6) is -2.74. The van der Waals surface area contributed by atoms with E-state index in [0.717, 1.165) is 25.1 Å². The quantitative estimate of drug-likeness (QED) is 0.746. The number of hydrogen-bond acceptors (Lipinski definition) is 3. The average Bonchev–Trinajstić information content (AvgIpc) is 2.61. The predicted molar refractivity (Wildman–Crippen MR) is 96.3 cm³/mol. The Labute approximate surface area is 151 Å². The van der Waals surface area contributed by atoms with Gasteiger partial charge in [0.05, 0.1) is 0 Å². The molecule has 5 nitrogen and oxygen atoms in total. The molecule has 0 aliphatic rings. The lowest BCUT2D eigenvalue weighted by atomic mass is 10.1. The topological polar surface area (TPSA) is 61.4 Å². The normalized spacial score (nSPS) is 10.7. The number of halogens is 2. The number of para-hydroxylation sites is 1. The molecule has 0 aromatic heterocycles. The molecular formula is C19H21F2N3O2. The molecule has 2 N–H and O–H groups in total. The molecule has 2 aromatic carbocycles. The van der Waals surface area contributed by atoms with Gasteiger partial charge in [0.1, 0.15) is 17.3 Å². The summed E-state index contributed by atoms with van der Waals surface area (Å²) in [5.41, 5.74) is -0.0823. The molecule has 138 valence electrons. The van der Waals surface area contributed by atoms with Crippen molar-refractivity contribution in [1.82, 2.24) is 10.2 Å². The van der Waals surface area contributed by atoms with Gasteiger partial charge in [0.2, 0.25) is 0 Å². The highest BCUT2D eigenvalue weighted by Gasteiger charge is 2.15. The molecule has 0 aliphatic heterocycles. The molecule has 2 amide bonds. The van der Waals surface area contributed by atoms with Crippen LogP contribution in [0, 0.1) is 11.6 Å². The van der Waals surface area contributed by atoms with E-state index in [1.165, 1.54) is 18.2 Å². The number of nitrogens with zero attached hydrogens (tertiary/aromatic N) is 1. The van der Waals surface area contributed by atoms with Gasteiger partial charge in [0, 0.05) is 17.7 Å². The van der Waals surface area contributed by atoms with Gasteiger partial charge < -0.3 is 15.5 Å². The molecule has 0 heterocycles. The Morgan fingerprint density at radius 3 is 2.15 bits per heavy atom. The lowest BCUT2D eigenvalue weighted by molar-refractivity contribution is 0.0952. The Kier molecular flexibility index (Phi) is 6.80. The second-order valence-electron chi connectivity index (χ2n) is 6.04. The molecule has 0 radical (unpaired) electrons. The summed E-state index contributed by atoms with van der Waals surface area (Å²) < 4.78 is 27.3. The minimum Gasteiger partial charge on any atom is -0.352 e. The molecule has 26 heavy (non-hydrogen) atoms. The molecule has 0 unspecified atom stereocenters. The van der Waals surface area contributed by atoms with Crippen molar-refractivity contribution in [1.29, 1.82) is 0 Å². The minimum atomic E-state index is -0.867. The van der Waals surface area contributed by atoms with E-state index in [1.54, 1.807) is 12.1 Å². The highest BCUT2D eigenvalue weighted by molar-refractivity contribution is 6.06. The maximum absolute atomic E-state index is 13.6. The summed E-state index contributed by atoms with van der Waals surface area (Å²) in [6.45, 7) is 1.35. The molecule has 0 atom stereocenters. The molecule has 7 heteroatoms. The van der Waals surface area contributed by atoms with Gasteiger partial charge in [-0.15, -0.1) is 0 Å². The Hall–Kier alpha value is -2.80. The van der Waals surface area contributed by atoms with Crippen molar-refractivity contribution in [3.63, 3.8) is 0 Å². The summed E-state index contributed by atoms with van der Waals surface area (Å²) in [6, 6.07) is 9.28. The van der Waals surface area contributed by atoms with Crippen molar-refractivity contribution in [2.75, 3.05) is 32.5 Å². The number of amides is 2. The third kappa shape index (κ3) is 5.35. The maximum Gasteiger partial charge on any atom is 0.255 e. The second kappa shape index (κ2) is 9.05. The highest BCUT2D eigenvalue weighted by Crippen LogP contribution is 2.19. The summed E-state index contributed by atoms with van der Waals surface area (Å²) in [5, 5.41) is 4.97. The van der Waals surface area contributed by atoms with E-state index in [9.17, 15) is 18.4 Å². The van der Waals surface area contributed by atoms with Gasteiger partial charge in [-0.1, -0.05) is 12.1 Å². The van der Waals surface area contributed by atoms with Crippen molar-refractivity contribution in [3.05, 3.63) is 65.2 Å². The fourth-order valence-corrected chi connectivity index (χ4v) is 2.30. The van der Waals surface area contributed by atoms with Crippen LogP contribution in [0.1, 0.15) is 27.1 Å². The second-order valence-corrected chi connectivity index (χ2v) is 6.04. The highest BCUT2D eigenvalue weighted by atomic mass is 19.1.